The van der Waals surface area contributed by atoms with Crippen molar-refractivity contribution in [1.29, 1.82) is 0 Å². The number of rotatable bonds is 6. The molecule has 0 spiro atoms. The first-order valence-corrected chi connectivity index (χ1v) is 7.19. The first-order valence-electron chi connectivity index (χ1n) is 7.19. The zero-order chi connectivity index (χ0) is 13.3. The third-order valence-corrected chi connectivity index (χ3v) is 3.31. The van der Waals surface area contributed by atoms with E-state index in [1.54, 1.807) is 0 Å². The van der Waals surface area contributed by atoms with E-state index in [4.69, 9.17) is 0 Å². The van der Waals surface area contributed by atoms with Crippen molar-refractivity contribution < 1.29 is 0 Å². The monoisotopic (exact) mass is 250 g/mol. The molecule has 0 saturated carbocycles. The van der Waals surface area contributed by atoms with Crippen LogP contribution in [-0.4, -0.2) is 0 Å². The number of benzene rings is 2. The molecular formula is C19H22. The average molecular weight is 250 g/mol. The quantitative estimate of drug-likeness (QED) is 0.459. The predicted molar refractivity (Wildman–Crippen MR) is 84.2 cm³/mol. The van der Waals surface area contributed by atoms with Crippen LogP contribution in [0.1, 0.15) is 31.7 Å². The molecule has 0 aliphatic rings. The molecule has 0 heteroatoms. The van der Waals surface area contributed by atoms with Crippen LogP contribution in [0.2, 0.25) is 0 Å². The molecule has 0 atom stereocenters. The normalized spacial score (nSPS) is 11.0. The first kappa shape index (κ1) is 13.6. The van der Waals surface area contributed by atoms with Crippen molar-refractivity contribution in [2.24, 2.45) is 0 Å². The van der Waals surface area contributed by atoms with Crippen LogP contribution in [0.15, 0.2) is 66.7 Å². The van der Waals surface area contributed by atoms with Crippen LogP contribution in [0.5, 0.6) is 0 Å². The molecule has 0 radical (unpaired) electrons. The molecule has 0 aromatic heterocycles. The molecule has 0 N–H and O–H groups in total. The summed E-state index contributed by atoms with van der Waals surface area (Å²) >= 11 is 0. The smallest absolute Gasteiger partial charge is 0.00974 e. The van der Waals surface area contributed by atoms with E-state index >= 15 is 0 Å². The molecule has 0 bridgehead atoms. The second kappa shape index (κ2) is 7.58. The lowest BCUT2D eigenvalue weighted by Gasteiger charge is -2.02. The lowest BCUT2D eigenvalue weighted by molar-refractivity contribution is 0.813. The Morgan fingerprint density at radius 1 is 0.789 bits per heavy atom. The molecular weight excluding hydrogens is 228 g/mol. The van der Waals surface area contributed by atoms with Crippen molar-refractivity contribution in [3.05, 3.63) is 72.3 Å². The van der Waals surface area contributed by atoms with Gasteiger partial charge in [-0.1, -0.05) is 86.5 Å². The summed E-state index contributed by atoms with van der Waals surface area (Å²) in [6, 6.07) is 19.4. The van der Waals surface area contributed by atoms with E-state index in [9.17, 15) is 0 Å². The SMILES string of the molecule is CCCCC=CCc1ccc(-c2ccccc2)cc1. The van der Waals surface area contributed by atoms with Crippen LogP contribution in [0.4, 0.5) is 0 Å². The first-order chi connectivity index (χ1) is 9.40. The van der Waals surface area contributed by atoms with E-state index < -0.39 is 0 Å². The summed E-state index contributed by atoms with van der Waals surface area (Å²) < 4.78 is 0. The van der Waals surface area contributed by atoms with E-state index in [2.05, 4.69) is 73.7 Å². The van der Waals surface area contributed by atoms with Crippen LogP contribution in [-0.2, 0) is 6.42 Å². The summed E-state index contributed by atoms with van der Waals surface area (Å²) in [5.74, 6) is 0. The number of hydrogen-bond acceptors (Lipinski definition) is 0. The van der Waals surface area contributed by atoms with Gasteiger partial charge in [-0.25, -0.2) is 0 Å². The van der Waals surface area contributed by atoms with Gasteiger partial charge in [-0.3, -0.25) is 0 Å². The van der Waals surface area contributed by atoms with Crippen molar-refractivity contribution in [2.45, 2.75) is 32.6 Å². The van der Waals surface area contributed by atoms with Crippen LogP contribution in [0.25, 0.3) is 11.1 Å². The minimum atomic E-state index is 1.04. The molecule has 0 heterocycles. The fourth-order valence-electron chi connectivity index (χ4n) is 2.12. The summed E-state index contributed by atoms with van der Waals surface area (Å²) in [7, 11) is 0. The van der Waals surface area contributed by atoms with Gasteiger partial charge in [-0.2, -0.15) is 0 Å². The minimum absolute atomic E-state index is 1.04. The Labute approximate surface area is 116 Å². The lowest BCUT2D eigenvalue weighted by atomic mass is 10.0. The highest BCUT2D eigenvalue weighted by Gasteiger charge is 1.96. The highest BCUT2D eigenvalue weighted by Crippen LogP contribution is 2.19. The van der Waals surface area contributed by atoms with Crippen LogP contribution in [0, 0.1) is 0 Å². The number of unbranched alkanes of at least 4 members (excludes halogenated alkanes) is 2. The maximum atomic E-state index is 2.30. The van der Waals surface area contributed by atoms with Gasteiger partial charge in [0.05, 0.1) is 0 Å². The molecule has 2 aromatic carbocycles. The maximum absolute atomic E-state index is 2.30. The zero-order valence-corrected chi connectivity index (χ0v) is 11.7. The van der Waals surface area contributed by atoms with E-state index in [-0.39, 0.29) is 0 Å². The van der Waals surface area contributed by atoms with Crippen molar-refractivity contribution >= 4 is 0 Å². The molecule has 0 fully saturated rings. The molecule has 0 saturated heterocycles. The van der Waals surface area contributed by atoms with Gasteiger partial charge in [-0.05, 0) is 29.5 Å². The largest absolute Gasteiger partial charge is 0.0882 e. The molecule has 2 aromatic rings. The van der Waals surface area contributed by atoms with Crippen molar-refractivity contribution in [1.82, 2.24) is 0 Å². The number of hydrogen-bond donors (Lipinski definition) is 0. The highest BCUT2D eigenvalue weighted by molar-refractivity contribution is 5.63. The standard InChI is InChI=1S/C19H22/c1-2-3-4-5-7-10-17-13-15-19(16-14-17)18-11-8-6-9-12-18/h5-9,11-16H,2-4,10H2,1H3. The second-order valence-electron chi connectivity index (χ2n) is 4.88. The highest BCUT2D eigenvalue weighted by atomic mass is 14.0. The third kappa shape index (κ3) is 4.40. The predicted octanol–water partition coefficient (Wildman–Crippen LogP) is 5.64. The second-order valence-corrected chi connectivity index (χ2v) is 4.88. The minimum Gasteiger partial charge on any atom is -0.0882 e. The Bertz CT molecular complexity index is 491. The van der Waals surface area contributed by atoms with E-state index in [0.29, 0.717) is 0 Å². The Hall–Kier alpha value is -1.82. The Morgan fingerprint density at radius 2 is 1.47 bits per heavy atom. The van der Waals surface area contributed by atoms with Crippen molar-refractivity contribution in [2.75, 3.05) is 0 Å². The summed E-state index contributed by atoms with van der Waals surface area (Å²) in [4.78, 5) is 0. The summed E-state index contributed by atoms with van der Waals surface area (Å²) in [5.41, 5.74) is 3.96. The fourth-order valence-corrected chi connectivity index (χ4v) is 2.12. The molecule has 19 heavy (non-hydrogen) atoms. The van der Waals surface area contributed by atoms with Gasteiger partial charge >= 0.3 is 0 Å². The fraction of sp³-hybridized carbons (Fsp3) is 0.263. The summed E-state index contributed by atoms with van der Waals surface area (Å²) in [6.07, 6.45) is 9.40. The Morgan fingerprint density at radius 3 is 2.16 bits per heavy atom. The molecule has 0 amide bonds. The Kier molecular flexibility index (Phi) is 5.43. The molecule has 0 aliphatic carbocycles. The van der Waals surface area contributed by atoms with Gasteiger partial charge in [0.2, 0.25) is 0 Å². The van der Waals surface area contributed by atoms with Gasteiger partial charge in [0.25, 0.3) is 0 Å². The van der Waals surface area contributed by atoms with Gasteiger partial charge in [0.1, 0.15) is 0 Å². The average Bonchev–Trinajstić information content (AvgIpc) is 2.49. The van der Waals surface area contributed by atoms with E-state index in [0.717, 1.165) is 6.42 Å². The van der Waals surface area contributed by atoms with Crippen LogP contribution >= 0.6 is 0 Å². The van der Waals surface area contributed by atoms with Gasteiger partial charge < -0.3 is 0 Å². The molecule has 0 aliphatic heterocycles. The molecule has 98 valence electrons. The topological polar surface area (TPSA) is 0 Å². The maximum Gasteiger partial charge on any atom is -0.00974 e. The summed E-state index contributed by atoms with van der Waals surface area (Å²) in [5, 5.41) is 0. The van der Waals surface area contributed by atoms with Crippen LogP contribution in [0.3, 0.4) is 0 Å². The van der Waals surface area contributed by atoms with Gasteiger partial charge in [0.15, 0.2) is 0 Å². The van der Waals surface area contributed by atoms with Crippen molar-refractivity contribution in [3.8, 4) is 11.1 Å². The van der Waals surface area contributed by atoms with Gasteiger partial charge in [-0.15, -0.1) is 0 Å². The van der Waals surface area contributed by atoms with Gasteiger partial charge in [0, 0.05) is 0 Å². The third-order valence-electron chi connectivity index (χ3n) is 3.31. The zero-order valence-electron chi connectivity index (χ0n) is 11.7. The van der Waals surface area contributed by atoms with E-state index in [1.165, 1.54) is 36.0 Å². The van der Waals surface area contributed by atoms with Crippen LogP contribution < -0.4 is 0 Å². The summed E-state index contributed by atoms with van der Waals surface area (Å²) in [6.45, 7) is 2.23. The molecule has 0 unspecified atom stereocenters. The Balaban J connectivity index is 1.94. The van der Waals surface area contributed by atoms with Crippen molar-refractivity contribution in [3.63, 3.8) is 0 Å². The lowest BCUT2D eigenvalue weighted by Crippen LogP contribution is -1.82. The van der Waals surface area contributed by atoms with E-state index in [1.807, 2.05) is 0 Å². The number of allylic oxidation sites excluding steroid dienone is 2. The molecule has 2 rings (SSSR count). The molecule has 0 nitrogen and oxygen atoms in total.